The van der Waals surface area contributed by atoms with Gasteiger partial charge in [0.25, 0.3) is 0 Å². The molecule has 1 fully saturated rings. The number of aryl methyl sites for hydroxylation is 2. The first-order valence-electron chi connectivity index (χ1n) is 7.58. The molecule has 0 saturated carbocycles. The van der Waals surface area contributed by atoms with Crippen molar-refractivity contribution in [1.29, 1.82) is 0 Å². The van der Waals surface area contributed by atoms with Crippen LogP contribution in [0.4, 0.5) is 4.39 Å². The number of amides is 1. The van der Waals surface area contributed by atoms with Crippen molar-refractivity contribution in [3.63, 3.8) is 0 Å². The van der Waals surface area contributed by atoms with E-state index in [0.717, 1.165) is 24.6 Å². The quantitative estimate of drug-likeness (QED) is 0.860. The maximum atomic E-state index is 13.6. The Kier molecular flexibility index (Phi) is 4.95. The molecule has 0 bridgehead atoms. The van der Waals surface area contributed by atoms with E-state index in [1.807, 2.05) is 16.7 Å². The molecule has 1 amide bonds. The molecule has 0 unspecified atom stereocenters. The summed E-state index contributed by atoms with van der Waals surface area (Å²) >= 11 is 1.87. The lowest BCUT2D eigenvalue weighted by atomic mass is 10.1. The van der Waals surface area contributed by atoms with E-state index in [4.69, 9.17) is 4.52 Å². The average Bonchev–Trinajstić information content (AvgIpc) is 3.05. The molecule has 1 aliphatic heterocycles. The third kappa shape index (κ3) is 3.90. The molecule has 2 heterocycles. The maximum absolute atomic E-state index is 13.6. The molecule has 1 aliphatic rings. The highest BCUT2D eigenvalue weighted by atomic mass is 32.2. The molecule has 23 heavy (non-hydrogen) atoms. The van der Waals surface area contributed by atoms with E-state index in [9.17, 15) is 9.18 Å². The van der Waals surface area contributed by atoms with Gasteiger partial charge in [0, 0.05) is 43.0 Å². The summed E-state index contributed by atoms with van der Waals surface area (Å²) in [6.07, 6.45) is 0.762. The normalized spacial score (nSPS) is 15.0. The second-order valence-corrected chi connectivity index (χ2v) is 6.69. The van der Waals surface area contributed by atoms with E-state index in [1.165, 1.54) is 6.07 Å². The first-order chi connectivity index (χ1) is 11.1. The molecular formula is C16H18FN3O2S. The van der Waals surface area contributed by atoms with Gasteiger partial charge < -0.3 is 9.42 Å². The van der Waals surface area contributed by atoms with Crippen LogP contribution in [0, 0.1) is 12.7 Å². The van der Waals surface area contributed by atoms with E-state index >= 15 is 0 Å². The maximum Gasteiger partial charge on any atom is 0.227 e. The molecule has 2 aromatic rings. The van der Waals surface area contributed by atoms with Crippen LogP contribution in [-0.4, -0.2) is 45.5 Å². The van der Waals surface area contributed by atoms with Gasteiger partial charge in [-0.15, -0.1) is 0 Å². The summed E-state index contributed by atoms with van der Waals surface area (Å²) in [5.74, 6) is 2.56. The largest absolute Gasteiger partial charge is 0.341 e. The molecule has 0 radical (unpaired) electrons. The molecule has 0 N–H and O–H groups in total. The lowest BCUT2D eigenvalue weighted by Gasteiger charge is -2.26. The van der Waals surface area contributed by atoms with E-state index < -0.39 is 0 Å². The van der Waals surface area contributed by atoms with Gasteiger partial charge in [-0.05, 0) is 18.6 Å². The number of rotatable bonds is 4. The molecule has 3 rings (SSSR count). The Bertz CT molecular complexity index is 698. The number of carbonyl (C=O) groups is 1. The Morgan fingerprint density at radius 1 is 1.39 bits per heavy atom. The second-order valence-electron chi connectivity index (χ2n) is 5.47. The predicted octanol–water partition coefficient (Wildman–Crippen LogP) is 2.69. The van der Waals surface area contributed by atoms with Crippen LogP contribution in [0.15, 0.2) is 22.7 Å². The van der Waals surface area contributed by atoms with Crippen LogP contribution in [-0.2, 0) is 11.2 Å². The molecule has 5 nitrogen and oxygen atoms in total. The number of carbonyl (C=O) groups excluding carboxylic acids is 1. The van der Waals surface area contributed by atoms with Gasteiger partial charge in [-0.2, -0.15) is 16.7 Å². The SMILES string of the molecule is Cc1ccc(-c2noc(CCC(=O)N3CCSCC3)n2)cc1F. The minimum absolute atomic E-state index is 0.117. The van der Waals surface area contributed by atoms with Crippen molar-refractivity contribution in [3.8, 4) is 11.4 Å². The first kappa shape index (κ1) is 16.0. The zero-order valence-corrected chi connectivity index (χ0v) is 13.7. The van der Waals surface area contributed by atoms with Gasteiger partial charge in [0.15, 0.2) is 0 Å². The zero-order valence-electron chi connectivity index (χ0n) is 12.9. The number of aromatic nitrogens is 2. The molecule has 7 heteroatoms. The topological polar surface area (TPSA) is 59.2 Å². The van der Waals surface area contributed by atoms with Gasteiger partial charge in [-0.25, -0.2) is 4.39 Å². The summed E-state index contributed by atoms with van der Waals surface area (Å²) in [5, 5.41) is 3.87. The van der Waals surface area contributed by atoms with E-state index in [0.29, 0.717) is 35.7 Å². The Hall–Kier alpha value is -1.89. The minimum Gasteiger partial charge on any atom is -0.341 e. The second kappa shape index (κ2) is 7.12. The van der Waals surface area contributed by atoms with Gasteiger partial charge in [-0.3, -0.25) is 4.79 Å². The molecule has 122 valence electrons. The Morgan fingerprint density at radius 2 is 2.17 bits per heavy atom. The van der Waals surface area contributed by atoms with Crippen molar-refractivity contribution in [2.24, 2.45) is 0 Å². The fraction of sp³-hybridized carbons (Fsp3) is 0.438. The van der Waals surface area contributed by atoms with Gasteiger partial charge in [0.05, 0.1) is 0 Å². The Morgan fingerprint density at radius 3 is 2.91 bits per heavy atom. The lowest BCUT2D eigenvalue weighted by molar-refractivity contribution is -0.130. The highest BCUT2D eigenvalue weighted by molar-refractivity contribution is 7.99. The fourth-order valence-electron chi connectivity index (χ4n) is 2.39. The third-order valence-electron chi connectivity index (χ3n) is 3.81. The van der Waals surface area contributed by atoms with Gasteiger partial charge >= 0.3 is 0 Å². The van der Waals surface area contributed by atoms with Crippen molar-refractivity contribution < 1.29 is 13.7 Å². The highest BCUT2D eigenvalue weighted by Crippen LogP contribution is 2.19. The van der Waals surface area contributed by atoms with Gasteiger partial charge in [0.1, 0.15) is 5.82 Å². The molecule has 1 aromatic heterocycles. The molecular weight excluding hydrogens is 317 g/mol. The summed E-state index contributed by atoms with van der Waals surface area (Å²) in [4.78, 5) is 18.2. The molecule has 0 spiro atoms. The smallest absolute Gasteiger partial charge is 0.227 e. The van der Waals surface area contributed by atoms with E-state index in [2.05, 4.69) is 10.1 Å². The number of nitrogens with zero attached hydrogens (tertiary/aromatic N) is 3. The Labute approximate surface area is 138 Å². The van der Waals surface area contributed by atoms with Crippen molar-refractivity contribution in [2.75, 3.05) is 24.6 Å². The summed E-state index contributed by atoms with van der Waals surface area (Å²) in [7, 11) is 0. The van der Waals surface area contributed by atoms with Crippen LogP contribution in [0.5, 0.6) is 0 Å². The van der Waals surface area contributed by atoms with Gasteiger partial charge in [-0.1, -0.05) is 17.3 Å². The minimum atomic E-state index is -0.299. The fourth-order valence-corrected chi connectivity index (χ4v) is 3.29. The number of thioether (sulfide) groups is 1. The summed E-state index contributed by atoms with van der Waals surface area (Å²) in [5.41, 5.74) is 1.14. The number of halogens is 1. The Balaban J connectivity index is 1.60. The monoisotopic (exact) mass is 335 g/mol. The van der Waals surface area contributed by atoms with Crippen molar-refractivity contribution >= 4 is 17.7 Å². The summed E-state index contributed by atoms with van der Waals surface area (Å²) < 4.78 is 18.8. The van der Waals surface area contributed by atoms with E-state index in [1.54, 1.807) is 19.1 Å². The highest BCUT2D eigenvalue weighted by Gasteiger charge is 2.18. The standard InChI is InChI=1S/C16H18FN3O2S/c1-11-2-3-12(10-13(11)17)16-18-14(22-19-16)4-5-15(21)20-6-8-23-9-7-20/h2-3,10H,4-9H2,1H3. The van der Waals surface area contributed by atoms with Crippen LogP contribution in [0.2, 0.25) is 0 Å². The number of benzene rings is 1. The van der Waals surface area contributed by atoms with Crippen molar-refractivity contribution in [2.45, 2.75) is 19.8 Å². The molecule has 1 aromatic carbocycles. The van der Waals surface area contributed by atoms with Crippen LogP contribution in [0.1, 0.15) is 17.9 Å². The van der Waals surface area contributed by atoms with Crippen LogP contribution < -0.4 is 0 Å². The molecule has 1 saturated heterocycles. The van der Waals surface area contributed by atoms with E-state index in [-0.39, 0.29) is 11.7 Å². The van der Waals surface area contributed by atoms with Crippen LogP contribution in [0.25, 0.3) is 11.4 Å². The van der Waals surface area contributed by atoms with Crippen molar-refractivity contribution in [1.82, 2.24) is 15.0 Å². The first-order valence-corrected chi connectivity index (χ1v) is 8.73. The number of hydrogen-bond donors (Lipinski definition) is 0. The third-order valence-corrected chi connectivity index (χ3v) is 4.76. The summed E-state index contributed by atoms with van der Waals surface area (Å²) in [6.45, 7) is 3.31. The van der Waals surface area contributed by atoms with Crippen LogP contribution in [0.3, 0.4) is 0 Å². The number of hydrogen-bond acceptors (Lipinski definition) is 5. The van der Waals surface area contributed by atoms with Crippen molar-refractivity contribution in [3.05, 3.63) is 35.5 Å². The molecule has 0 atom stereocenters. The predicted molar refractivity (Wildman–Crippen MR) is 86.7 cm³/mol. The zero-order chi connectivity index (χ0) is 16.2. The average molecular weight is 335 g/mol. The van der Waals surface area contributed by atoms with Crippen LogP contribution >= 0.6 is 11.8 Å². The van der Waals surface area contributed by atoms with Gasteiger partial charge in [0.2, 0.25) is 17.6 Å². The lowest BCUT2D eigenvalue weighted by Crippen LogP contribution is -2.37. The summed E-state index contributed by atoms with van der Waals surface area (Å²) in [6, 6.07) is 4.82. The molecule has 0 aliphatic carbocycles.